The third-order valence-corrected chi connectivity index (χ3v) is 9.82. The summed E-state index contributed by atoms with van der Waals surface area (Å²) in [4.78, 5) is 3.00. The molecule has 0 amide bonds. The highest BCUT2D eigenvalue weighted by atomic mass is 35.5. The highest BCUT2D eigenvalue weighted by molar-refractivity contribution is 7.93. The van der Waals surface area contributed by atoms with Gasteiger partial charge >= 0.3 is 0 Å². The summed E-state index contributed by atoms with van der Waals surface area (Å²) < 4.78 is 25.9. The lowest BCUT2D eigenvalue weighted by Crippen LogP contribution is -2.46. The van der Waals surface area contributed by atoms with Crippen molar-refractivity contribution in [1.29, 1.82) is 0 Å². The van der Waals surface area contributed by atoms with E-state index in [-0.39, 0.29) is 0 Å². The van der Waals surface area contributed by atoms with Gasteiger partial charge in [0.05, 0.1) is 9.64 Å². The van der Waals surface area contributed by atoms with E-state index >= 15 is 0 Å². The van der Waals surface area contributed by atoms with Crippen molar-refractivity contribution < 1.29 is 8.42 Å². The van der Waals surface area contributed by atoms with Gasteiger partial charge < -0.3 is 4.90 Å². The number of likely N-dealkylation sites (tertiary alicyclic amines) is 1. The molecule has 1 saturated heterocycles. The minimum Gasteiger partial charge on any atom is -0.303 e. The number of hydrogen-bond donors (Lipinski definition) is 0. The number of hydrogen-bond acceptors (Lipinski definition) is 3. The number of halogens is 1. The van der Waals surface area contributed by atoms with E-state index in [4.69, 9.17) is 11.6 Å². The molecule has 0 aromatic heterocycles. The highest BCUT2D eigenvalue weighted by Crippen LogP contribution is 2.46. The van der Waals surface area contributed by atoms with Crippen molar-refractivity contribution in [2.75, 3.05) is 19.6 Å². The van der Waals surface area contributed by atoms with Crippen LogP contribution < -0.4 is 0 Å². The van der Waals surface area contributed by atoms with Crippen LogP contribution in [-0.2, 0) is 9.84 Å². The molecular weight excluding hydrogens is 402 g/mol. The van der Waals surface area contributed by atoms with Gasteiger partial charge in [-0.2, -0.15) is 0 Å². The normalized spacial score (nSPS) is 20.3. The zero-order valence-electron chi connectivity index (χ0n) is 16.9. The Kier molecular flexibility index (Phi) is 6.33. The topological polar surface area (TPSA) is 37.4 Å². The summed E-state index contributed by atoms with van der Waals surface area (Å²) in [5.41, 5.74) is 1.39. The molecule has 5 heteroatoms. The number of rotatable bonds is 7. The highest BCUT2D eigenvalue weighted by Gasteiger charge is 2.48. The molecule has 1 saturated carbocycles. The summed E-state index contributed by atoms with van der Waals surface area (Å²) in [6.45, 7) is 3.18. The molecule has 29 heavy (non-hydrogen) atoms. The van der Waals surface area contributed by atoms with Crippen molar-refractivity contribution in [3.05, 3.63) is 65.2 Å². The second-order valence-corrected chi connectivity index (χ2v) is 11.4. The third-order valence-electron chi connectivity index (χ3n) is 6.92. The Morgan fingerprint density at radius 2 is 1.62 bits per heavy atom. The van der Waals surface area contributed by atoms with Crippen LogP contribution in [0.15, 0.2) is 59.5 Å². The molecule has 0 unspecified atom stereocenters. The van der Waals surface area contributed by atoms with E-state index in [2.05, 4.69) is 17.0 Å². The molecule has 0 radical (unpaired) electrons. The first-order valence-electron chi connectivity index (χ1n) is 10.8. The van der Waals surface area contributed by atoms with Gasteiger partial charge in [-0.15, -0.1) is 0 Å². The van der Waals surface area contributed by atoms with E-state index in [1.54, 1.807) is 12.1 Å². The first-order chi connectivity index (χ1) is 14.0. The molecule has 4 rings (SSSR count). The van der Waals surface area contributed by atoms with Crippen LogP contribution in [0.1, 0.15) is 56.4 Å². The number of sulfone groups is 1. The molecule has 2 fully saturated rings. The fraction of sp³-hybridized carbons (Fsp3) is 0.500. The first-order valence-corrected chi connectivity index (χ1v) is 12.6. The second kappa shape index (κ2) is 8.79. The Labute approximate surface area is 180 Å². The van der Waals surface area contributed by atoms with Gasteiger partial charge in [-0.3, -0.25) is 0 Å². The molecular formula is C24H30ClNO2S. The van der Waals surface area contributed by atoms with Crippen LogP contribution in [-0.4, -0.2) is 37.7 Å². The second-order valence-electron chi connectivity index (χ2n) is 8.62. The molecule has 1 heterocycles. The monoisotopic (exact) mass is 431 g/mol. The number of piperidine rings is 1. The third kappa shape index (κ3) is 4.40. The molecule has 3 nitrogen and oxygen atoms in total. The van der Waals surface area contributed by atoms with Crippen LogP contribution in [0.4, 0.5) is 0 Å². The van der Waals surface area contributed by atoms with Crippen molar-refractivity contribution in [3.63, 3.8) is 0 Å². The van der Waals surface area contributed by atoms with Crippen LogP contribution in [0.3, 0.4) is 0 Å². The SMILES string of the molecule is O=S(=O)(c1ccccc1)C1(CCCN2CCC(c3ccc(Cl)cc3)CC2)CCC1. The molecule has 0 spiro atoms. The lowest BCUT2D eigenvalue weighted by Gasteiger charge is -2.42. The van der Waals surface area contributed by atoms with Crippen molar-refractivity contribution >= 4 is 21.4 Å². The fourth-order valence-corrected chi connectivity index (χ4v) is 7.30. The predicted molar refractivity (Wildman–Crippen MR) is 119 cm³/mol. The van der Waals surface area contributed by atoms with Crippen molar-refractivity contribution in [2.45, 2.75) is 60.5 Å². The Hall–Kier alpha value is -1.36. The predicted octanol–water partition coefficient (Wildman–Crippen LogP) is 5.70. The maximum atomic E-state index is 13.2. The average molecular weight is 432 g/mol. The quantitative estimate of drug-likeness (QED) is 0.564. The van der Waals surface area contributed by atoms with E-state index in [1.165, 1.54) is 5.56 Å². The van der Waals surface area contributed by atoms with Crippen molar-refractivity contribution in [1.82, 2.24) is 4.90 Å². The van der Waals surface area contributed by atoms with Crippen LogP contribution in [0.25, 0.3) is 0 Å². The molecule has 1 aliphatic carbocycles. The maximum Gasteiger partial charge on any atom is 0.184 e. The number of nitrogens with zero attached hydrogens (tertiary/aromatic N) is 1. The van der Waals surface area contributed by atoms with Gasteiger partial charge in [0, 0.05) is 5.02 Å². The summed E-state index contributed by atoms with van der Waals surface area (Å²) in [5.74, 6) is 0.611. The molecule has 2 aliphatic rings. The van der Waals surface area contributed by atoms with E-state index < -0.39 is 14.6 Å². The van der Waals surface area contributed by atoms with Gasteiger partial charge in [-0.25, -0.2) is 8.42 Å². The largest absolute Gasteiger partial charge is 0.303 e. The van der Waals surface area contributed by atoms with Gasteiger partial charge in [0.1, 0.15) is 0 Å². The van der Waals surface area contributed by atoms with Crippen LogP contribution in [0, 0.1) is 0 Å². The summed E-state index contributed by atoms with van der Waals surface area (Å²) in [7, 11) is -3.24. The Balaban J connectivity index is 1.29. The number of benzene rings is 2. The van der Waals surface area contributed by atoms with E-state index in [9.17, 15) is 8.42 Å². The Morgan fingerprint density at radius 1 is 0.966 bits per heavy atom. The van der Waals surface area contributed by atoms with Gasteiger partial charge in [0.15, 0.2) is 9.84 Å². The van der Waals surface area contributed by atoms with Crippen LogP contribution >= 0.6 is 11.6 Å². The van der Waals surface area contributed by atoms with E-state index in [1.807, 2.05) is 30.3 Å². The van der Waals surface area contributed by atoms with Crippen LogP contribution in [0.2, 0.25) is 5.02 Å². The van der Waals surface area contributed by atoms with Gasteiger partial charge in [0.2, 0.25) is 0 Å². The maximum absolute atomic E-state index is 13.2. The van der Waals surface area contributed by atoms with Gasteiger partial charge in [-0.05, 0) is 93.9 Å². The lowest BCUT2D eigenvalue weighted by atomic mass is 9.80. The molecule has 0 atom stereocenters. The zero-order chi connectivity index (χ0) is 20.3. The Morgan fingerprint density at radius 3 is 2.21 bits per heavy atom. The van der Waals surface area contributed by atoms with E-state index in [0.29, 0.717) is 10.8 Å². The summed E-state index contributed by atoms with van der Waals surface area (Å²) in [6.07, 6.45) is 6.70. The summed E-state index contributed by atoms with van der Waals surface area (Å²) in [6, 6.07) is 17.3. The van der Waals surface area contributed by atoms with Crippen LogP contribution in [0.5, 0.6) is 0 Å². The molecule has 0 bridgehead atoms. The molecule has 0 N–H and O–H groups in total. The van der Waals surface area contributed by atoms with Gasteiger partial charge in [-0.1, -0.05) is 48.4 Å². The smallest absolute Gasteiger partial charge is 0.184 e. The lowest BCUT2D eigenvalue weighted by molar-refractivity contribution is 0.199. The molecule has 156 valence electrons. The van der Waals surface area contributed by atoms with Crippen molar-refractivity contribution in [3.8, 4) is 0 Å². The molecule has 2 aromatic carbocycles. The standard InChI is InChI=1S/C24H30ClNO2S/c25-22-10-8-20(9-11-22)21-12-18-26(19-13-21)17-5-16-24(14-4-15-24)29(27,28)23-6-2-1-3-7-23/h1-3,6-11,21H,4-5,12-19H2. The first kappa shape index (κ1) is 20.9. The summed E-state index contributed by atoms with van der Waals surface area (Å²) >= 11 is 6.00. The minimum absolute atomic E-state index is 0.489. The summed E-state index contributed by atoms with van der Waals surface area (Å²) in [5, 5.41) is 0.793. The Bertz CT molecular complexity index is 900. The molecule has 2 aromatic rings. The minimum atomic E-state index is -3.24. The van der Waals surface area contributed by atoms with Gasteiger partial charge in [0.25, 0.3) is 0 Å². The van der Waals surface area contributed by atoms with Crippen molar-refractivity contribution in [2.24, 2.45) is 0 Å². The van der Waals surface area contributed by atoms with E-state index in [0.717, 1.165) is 69.6 Å². The molecule has 1 aliphatic heterocycles. The fourth-order valence-electron chi connectivity index (χ4n) is 4.92. The zero-order valence-corrected chi connectivity index (χ0v) is 18.5. The average Bonchev–Trinajstić information content (AvgIpc) is 2.71.